The average molecular weight is 267 g/mol. The average Bonchev–Trinajstić information content (AvgIpc) is 2.98. The third-order valence-corrected chi connectivity index (χ3v) is 3.40. The molecule has 0 aliphatic rings. The number of anilines is 2. The van der Waals surface area contributed by atoms with E-state index in [1.807, 2.05) is 30.3 Å². The molecule has 0 aliphatic carbocycles. The summed E-state index contributed by atoms with van der Waals surface area (Å²) in [6, 6.07) is 11.9. The highest BCUT2D eigenvalue weighted by atomic mass is 16.3. The Bertz CT molecular complexity index is 707. The summed E-state index contributed by atoms with van der Waals surface area (Å²) in [5.41, 5.74) is 8.83. The first-order valence-corrected chi connectivity index (χ1v) is 6.70. The molecular weight excluding hydrogens is 250 g/mol. The van der Waals surface area contributed by atoms with Crippen LogP contribution >= 0.6 is 0 Å². The highest BCUT2D eigenvalue weighted by molar-refractivity contribution is 5.97. The van der Waals surface area contributed by atoms with Gasteiger partial charge in [0.25, 0.3) is 0 Å². The first-order chi connectivity index (χ1) is 9.79. The van der Waals surface area contributed by atoms with Crippen molar-refractivity contribution in [3.8, 4) is 0 Å². The van der Waals surface area contributed by atoms with Crippen LogP contribution in [0.4, 0.5) is 11.4 Å². The summed E-state index contributed by atoms with van der Waals surface area (Å²) in [7, 11) is 0. The van der Waals surface area contributed by atoms with Crippen molar-refractivity contribution in [1.29, 1.82) is 0 Å². The van der Waals surface area contributed by atoms with E-state index in [2.05, 4.69) is 22.9 Å². The molecule has 2 heterocycles. The number of furan rings is 1. The lowest BCUT2D eigenvalue weighted by atomic mass is 10.1. The van der Waals surface area contributed by atoms with Gasteiger partial charge < -0.3 is 15.1 Å². The number of pyridine rings is 1. The second kappa shape index (κ2) is 5.25. The van der Waals surface area contributed by atoms with Crippen LogP contribution in [0.25, 0.3) is 10.9 Å². The Labute approximate surface area is 117 Å². The molecule has 0 fully saturated rings. The molecule has 2 N–H and O–H groups in total. The van der Waals surface area contributed by atoms with E-state index < -0.39 is 0 Å². The smallest absolute Gasteiger partial charge is 0.123 e. The van der Waals surface area contributed by atoms with Crippen LogP contribution in [0.5, 0.6) is 0 Å². The zero-order valence-electron chi connectivity index (χ0n) is 11.4. The van der Waals surface area contributed by atoms with Gasteiger partial charge in [-0.25, -0.2) is 0 Å². The number of fused-ring (bicyclic) bond motifs is 1. The number of rotatable bonds is 4. The number of hydrogen-bond donors (Lipinski definition) is 1. The molecule has 0 saturated heterocycles. The minimum absolute atomic E-state index is 0.692. The van der Waals surface area contributed by atoms with Gasteiger partial charge in [0.05, 0.1) is 35.9 Å². The Morgan fingerprint density at radius 3 is 2.80 bits per heavy atom. The molecule has 0 radical (unpaired) electrons. The van der Waals surface area contributed by atoms with Gasteiger partial charge in [0.2, 0.25) is 0 Å². The van der Waals surface area contributed by atoms with Gasteiger partial charge in [0, 0.05) is 11.9 Å². The van der Waals surface area contributed by atoms with E-state index in [4.69, 9.17) is 10.2 Å². The summed E-state index contributed by atoms with van der Waals surface area (Å²) in [6.07, 6.45) is 3.42. The molecule has 2 aromatic heterocycles. The van der Waals surface area contributed by atoms with Crippen molar-refractivity contribution in [2.24, 2.45) is 0 Å². The lowest BCUT2D eigenvalue weighted by Crippen LogP contribution is -2.23. The van der Waals surface area contributed by atoms with E-state index in [0.717, 1.165) is 28.9 Å². The summed E-state index contributed by atoms with van der Waals surface area (Å²) in [5.74, 6) is 0.923. The molecule has 0 spiro atoms. The van der Waals surface area contributed by atoms with Gasteiger partial charge in [-0.05, 0) is 25.1 Å². The van der Waals surface area contributed by atoms with E-state index >= 15 is 0 Å². The molecule has 3 rings (SSSR count). The van der Waals surface area contributed by atoms with E-state index in [1.165, 1.54) is 0 Å². The van der Waals surface area contributed by atoms with Crippen molar-refractivity contribution in [1.82, 2.24) is 4.98 Å². The molecule has 4 nitrogen and oxygen atoms in total. The zero-order valence-corrected chi connectivity index (χ0v) is 11.4. The molecule has 4 heteroatoms. The number of para-hydroxylation sites is 1. The highest BCUT2D eigenvalue weighted by Gasteiger charge is 2.14. The number of nitrogen functional groups attached to an aromatic ring is 1. The van der Waals surface area contributed by atoms with Gasteiger partial charge in [-0.3, -0.25) is 4.98 Å². The van der Waals surface area contributed by atoms with Gasteiger partial charge in [0.1, 0.15) is 5.76 Å². The summed E-state index contributed by atoms with van der Waals surface area (Å²) < 4.78 is 5.44. The fourth-order valence-electron chi connectivity index (χ4n) is 2.43. The predicted molar refractivity (Wildman–Crippen MR) is 81.6 cm³/mol. The number of aromatic nitrogens is 1. The molecule has 0 unspecified atom stereocenters. The Balaban J connectivity index is 2.08. The van der Waals surface area contributed by atoms with Gasteiger partial charge >= 0.3 is 0 Å². The van der Waals surface area contributed by atoms with E-state index in [1.54, 1.807) is 12.5 Å². The Morgan fingerprint density at radius 2 is 2.05 bits per heavy atom. The van der Waals surface area contributed by atoms with E-state index in [9.17, 15) is 0 Å². The van der Waals surface area contributed by atoms with E-state index in [-0.39, 0.29) is 0 Å². The first kappa shape index (κ1) is 12.5. The standard InChI is InChI=1S/C16H17N3O/c1-2-19(11-12-6-5-9-20-12)16-13-7-3-4-8-15(13)18-10-14(16)17/h3-10H,2,11,17H2,1H3. The van der Waals surface area contributed by atoms with Crippen molar-refractivity contribution < 1.29 is 4.42 Å². The van der Waals surface area contributed by atoms with E-state index in [0.29, 0.717) is 12.2 Å². The molecule has 1 aromatic carbocycles. The molecule has 0 aliphatic heterocycles. The number of hydrogen-bond acceptors (Lipinski definition) is 4. The Morgan fingerprint density at radius 1 is 1.20 bits per heavy atom. The van der Waals surface area contributed by atoms with Crippen molar-refractivity contribution in [2.45, 2.75) is 13.5 Å². The minimum Gasteiger partial charge on any atom is -0.467 e. The van der Waals surface area contributed by atoms with Gasteiger partial charge in [0.15, 0.2) is 0 Å². The maximum absolute atomic E-state index is 6.16. The van der Waals surface area contributed by atoms with Crippen LogP contribution in [-0.2, 0) is 6.54 Å². The largest absolute Gasteiger partial charge is 0.467 e. The minimum atomic E-state index is 0.692. The normalized spacial score (nSPS) is 10.8. The third-order valence-electron chi connectivity index (χ3n) is 3.40. The molecular formula is C16H17N3O. The van der Waals surface area contributed by atoms with Crippen molar-refractivity contribution >= 4 is 22.3 Å². The monoisotopic (exact) mass is 267 g/mol. The summed E-state index contributed by atoms with van der Waals surface area (Å²) in [6.45, 7) is 3.65. The molecule has 102 valence electrons. The fourth-order valence-corrected chi connectivity index (χ4v) is 2.43. The third kappa shape index (κ3) is 2.20. The van der Waals surface area contributed by atoms with Crippen LogP contribution in [0.3, 0.4) is 0 Å². The van der Waals surface area contributed by atoms with Crippen molar-refractivity contribution in [3.63, 3.8) is 0 Å². The summed E-state index contributed by atoms with van der Waals surface area (Å²) >= 11 is 0. The second-order valence-electron chi connectivity index (χ2n) is 4.67. The van der Waals surface area contributed by atoms with Crippen LogP contribution < -0.4 is 10.6 Å². The molecule has 0 amide bonds. The number of nitrogens with zero attached hydrogens (tertiary/aromatic N) is 2. The Kier molecular flexibility index (Phi) is 3.29. The van der Waals surface area contributed by atoms with Crippen LogP contribution in [0.15, 0.2) is 53.3 Å². The van der Waals surface area contributed by atoms with Gasteiger partial charge in [-0.1, -0.05) is 18.2 Å². The molecule has 0 saturated carbocycles. The van der Waals surface area contributed by atoms with Crippen LogP contribution in [0, 0.1) is 0 Å². The topological polar surface area (TPSA) is 55.3 Å². The second-order valence-corrected chi connectivity index (χ2v) is 4.67. The number of nitrogens with two attached hydrogens (primary N) is 1. The lowest BCUT2D eigenvalue weighted by Gasteiger charge is -2.25. The summed E-state index contributed by atoms with van der Waals surface area (Å²) in [4.78, 5) is 6.59. The van der Waals surface area contributed by atoms with Crippen molar-refractivity contribution in [3.05, 3.63) is 54.6 Å². The van der Waals surface area contributed by atoms with Gasteiger partial charge in [-0.2, -0.15) is 0 Å². The lowest BCUT2D eigenvalue weighted by molar-refractivity contribution is 0.504. The van der Waals surface area contributed by atoms with Gasteiger partial charge in [-0.15, -0.1) is 0 Å². The highest BCUT2D eigenvalue weighted by Crippen LogP contribution is 2.32. The SMILES string of the molecule is CCN(Cc1ccco1)c1c(N)cnc2ccccc12. The number of benzene rings is 1. The summed E-state index contributed by atoms with van der Waals surface area (Å²) in [5, 5.41) is 1.07. The quantitative estimate of drug-likeness (QED) is 0.786. The van der Waals surface area contributed by atoms with Crippen LogP contribution in [0.2, 0.25) is 0 Å². The maximum Gasteiger partial charge on any atom is 0.123 e. The van der Waals surface area contributed by atoms with Crippen LogP contribution in [0.1, 0.15) is 12.7 Å². The van der Waals surface area contributed by atoms with Crippen LogP contribution in [-0.4, -0.2) is 11.5 Å². The molecule has 0 atom stereocenters. The predicted octanol–water partition coefficient (Wildman–Crippen LogP) is 3.44. The molecule has 3 aromatic rings. The van der Waals surface area contributed by atoms with Crippen molar-refractivity contribution in [2.75, 3.05) is 17.2 Å². The maximum atomic E-state index is 6.16. The zero-order chi connectivity index (χ0) is 13.9. The fraction of sp³-hybridized carbons (Fsp3) is 0.188. The first-order valence-electron chi connectivity index (χ1n) is 6.70. The molecule has 20 heavy (non-hydrogen) atoms. The Hall–Kier alpha value is -2.49. The molecule has 0 bridgehead atoms.